The number of aromatic hydroxyl groups is 1. The summed E-state index contributed by atoms with van der Waals surface area (Å²) in [6.45, 7) is 1.79. The fourth-order valence-corrected chi connectivity index (χ4v) is 3.32. The zero-order valence-electron chi connectivity index (χ0n) is 15.4. The van der Waals surface area contributed by atoms with E-state index < -0.39 is 6.04 Å². The number of phenolic OH excluding ortho intramolecular Hbond substituents is 1. The van der Waals surface area contributed by atoms with Gasteiger partial charge in [0.1, 0.15) is 12.4 Å². The number of nitrogens with zero attached hydrogens (tertiary/aromatic N) is 3. The Bertz CT molecular complexity index is 1060. The molecule has 1 aromatic heterocycles. The first-order valence-corrected chi connectivity index (χ1v) is 8.69. The molecule has 2 heterocycles. The number of para-hydroxylation sites is 2. The maximum Gasteiger partial charge on any atom is 0.255 e. The normalized spacial score (nSPS) is 15.6. The smallest absolute Gasteiger partial charge is 0.255 e. The molecule has 4 rings (SSSR count). The van der Waals surface area contributed by atoms with E-state index in [0.717, 1.165) is 0 Å². The summed E-state index contributed by atoms with van der Waals surface area (Å²) >= 11 is 0. The standard InChI is InChI=1S/C20H19N5O3/c1-12-16(19(27)24-13-7-4-3-5-8-13)17(25-20(23-12)21-11-22-25)14-9-6-10-15(28-2)18(14)26/h3-11,17,26H,1-2H3,(H,24,27)(H,21,22,23)/t17-/m0/s1. The van der Waals surface area contributed by atoms with Crippen molar-refractivity contribution < 1.29 is 14.6 Å². The Hall–Kier alpha value is -3.81. The van der Waals surface area contributed by atoms with Gasteiger partial charge in [0.2, 0.25) is 5.95 Å². The van der Waals surface area contributed by atoms with E-state index in [0.29, 0.717) is 34.2 Å². The molecule has 0 fully saturated rings. The predicted octanol–water partition coefficient (Wildman–Crippen LogP) is 2.92. The van der Waals surface area contributed by atoms with E-state index >= 15 is 0 Å². The van der Waals surface area contributed by atoms with Crippen LogP contribution in [0.3, 0.4) is 0 Å². The van der Waals surface area contributed by atoms with Gasteiger partial charge in [-0.25, -0.2) is 4.68 Å². The minimum atomic E-state index is -0.669. The highest BCUT2D eigenvalue weighted by atomic mass is 16.5. The second-order valence-electron chi connectivity index (χ2n) is 6.31. The Morgan fingerprint density at radius 1 is 1.21 bits per heavy atom. The van der Waals surface area contributed by atoms with Crippen LogP contribution in [0.2, 0.25) is 0 Å². The molecule has 1 atom stereocenters. The number of methoxy groups -OCH3 is 1. The van der Waals surface area contributed by atoms with Gasteiger partial charge in [-0.2, -0.15) is 10.1 Å². The average molecular weight is 377 g/mol. The highest BCUT2D eigenvalue weighted by Crippen LogP contribution is 2.42. The van der Waals surface area contributed by atoms with E-state index in [9.17, 15) is 9.90 Å². The topological polar surface area (TPSA) is 101 Å². The molecule has 3 N–H and O–H groups in total. The SMILES string of the molecule is COc1cccc([C@H]2C(C(=O)Nc3ccccc3)=C(C)Nc3ncnn32)c1O. The molecular formula is C20H19N5O3. The van der Waals surface area contributed by atoms with Gasteiger partial charge in [0.25, 0.3) is 5.91 Å². The molecule has 0 saturated heterocycles. The number of ether oxygens (including phenoxy) is 1. The molecule has 142 valence electrons. The second-order valence-corrected chi connectivity index (χ2v) is 6.31. The molecule has 0 unspecified atom stereocenters. The molecule has 8 heteroatoms. The van der Waals surface area contributed by atoms with Gasteiger partial charge < -0.3 is 20.5 Å². The average Bonchev–Trinajstić information content (AvgIpc) is 3.16. The zero-order valence-corrected chi connectivity index (χ0v) is 15.4. The monoisotopic (exact) mass is 377 g/mol. The van der Waals surface area contributed by atoms with Crippen LogP contribution < -0.4 is 15.4 Å². The van der Waals surface area contributed by atoms with Crippen molar-refractivity contribution >= 4 is 17.5 Å². The number of hydrogen-bond acceptors (Lipinski definition) is 6. The molecule has 1 aliphatic heterocycles. The van der Waals surface area contributed by atoms with Crippen LogP contribution in [-0.4, -0.2) is 32.9 Å². The van der Waals surface area contributed by atoms with Crippen molar-refractivity contribution in [1.82, 2.24) is 14.8 Å². The van der Waals surface area contributed by atoms with Crippen LogP contribution in [0, 0.1) is 0 Å². The van der Waals surface area contributed by atoms with Gasteiger partial charge >= 0.3 is 0 Å². The molecule has 28 heavy (non-hydrogen) atoms. The van der Waals surface area contributed by atoms with E-state index in [4.69, 9.17) is 4.74 Å². The summed E-state index contributed by atoms with van der Waals surface area (Å²) in [6.07, 6.45) is 1.40. The largest absolute Gasteiger partial charge is 0.504 e. The highest BCUT2D eigenvalue weighted by molar-refractivity contribution is 6.06. The van der Waals surface area contributed by atoms with Crippen LogP contribution in [0.25, 0.3) is 0 Å². The lowest BCUT2D eigenvalue weighted by atomic mass is 9.94. The number of hydrogen-bond donors (Lipinski definition) is 3. The third-order valence-electron chi connectivity index (χ3n) is 4.62. The number of nitrogens with one attached hydrogen (secondary N) is 2. The van der Waals surface area contributed by atoms with Gasteiger partial charge in [-0.1, -0.05) is 30.3 Å². The Labute approximate surface area is 161 Å². The summed E-state index contributed by atoms with van der Waals surface area (Å²) < 4.78 is 6.81. The van der Waals surface area contributed by atoms with Gasteiger partial charge in [0.15, 0.2) is 11.5 Å². The lowest BCUT2D eigenvalue weighted by molar-refractivity contribution is -0.113. The van der Waals surface area contributed by atoms with Crippen molar-refractivity contribution in [2.75, 3.05) is 17.7 Å². The number of fused-ring (bicyclic) bond motifs is 1. The number of phenols is 1. The maximum atomic E-state index is 13.2. The Morgan fingerprint density at radius 3 is 2.75 bits per heavy atom. The number of carbonyl (C=O) groups excluding carboxylic acids is 1. The third-order valence-corrected chi connectivity index (χ3v) is 4.62. The summed E-state index contributed by atoms with van der Waals surface area (Å²) in [5.74, 6) is 0.458. The zero-order chi connectivity index (χ0) is 19.7. The van der Waals surface area contributed by atoms with Crippen LogP contribution in [0.5, 0.6) is 11.5 Å². The summed E-state index contributed by atoms with van der Waals surface area (Å²) in [7, 11) is 1.48. The molecule has 8 nitrogen and oxygen atoms in total. The van der Waals surface area contributed by atoms with Crippen LogP contribution in [0.4, 0.5) is 11.6 Å². The van der Waals surface area contributed by atoms with Gasteiger partial charge in [-0.3, -0.25) is 4.79 Å². The maximum absolute atomic E-state index is 13.2. The van der Waals surface area contributed by atoms with Gasteiger partial charge in [-0.05, 0) is 25.1 Å². The van der Waals surface area contributed by atoms with Crippen molar-refractivity contribution in [2.45, 2.75) is 13.0 Å². The number of aromatic nitrogens is 3. The van der Waals surface area contributed by atoms with Crippen molar-refractivity contribution in [2.24, 2.45) is 0 Å². The van der Waals surface area contributed by atoms with Gasteiger partial charge in [0.05, 0.1) is 12.7 Å². The minimum Gasteiger partial charge on any atom is -0.504 e. The summed E-state index contributed by atoms with van der Waals surface area (Å²) in [5.41, 5.74) is 2.21. The van der Waals surface area contributed by atoms with E-state index in [1.807, 2.05) is 30.3 Å². The number of carbonyl (C=O) groups is 1. The predicted molar refractivity (Wildman–Crippen MR) is 104 cm³/mol. The van der Waals surface area contributed by atoms with Gasteiger partial charge in [-0.15, -0.1) is 0 Å². The van der Waals surface area contributed by atoms with E-state index in [1.165, 1.54) is 13.4 Å². The molecule has 2 aromatic carbocycles. The van der Waals surface area contributed by atoms with E-state index in [-0.39, 0.29) is 11.7 Å². The molecule has 1 aliphatic rings. The fourth-order valence-electron chi connectivity index (χ4n) is 3.32. The van der Waals surface area contributed by atoms with Crippen molar-refractivity contribution in [3.05, 3.63) is 71.7 Å². The fraction of sp³-hybridized carbons (Fsp3) is 0.150. The number of allylic oxidation sites excluding steroid dienone is 1. The van der Waals surface area contributed by atoms with E-state index in [2.05, 4.69) is 20.7 Å². The highest BCUT2D eigenvalue weighted by Gasteiger charge is 2.35. The quantitative estimate of drug-likeness (QED) is 0.646. The summed E-state index contributed by atoms with van der Waals surface area (Å²) in [6, 6.07) is 13.7. The van der Waals surface area contributed by atoms with Crippen LogP contribution >= 0.6 is 0 Å². The molecule has 0 spiro atoms. The lowest BCUT2D eigenvalue weighted by Crippen LogP contribution is -2.31. The van der Waals surface area contributed by atoms with Crippen LogP contribution in [0.15, 0.2) is 66.1 Å². The van der Waals surface area contributed by atoms with Crippen molar-refractivity contribution in [3.63, 3.8) is 0 Å². The first-order valence-electron chi connectivity index (χ1n) is 8.69. The molecular weight excluding hydrogens is 358 g/mol. The number of amides is 1. The number of benzene rings is 2. The van der Waals surface area contributed by atoms with E-state index in [1.54, 1.807) is 29.8 Å². The van der Waals surface area contributed by atoms with Crippen molar-refractivity contribution in [3.8, 4) is 11.5 Å². The van der Waals surface area contributed by atoms with Crippen LogP contribution in [0.1, 0.15) is 18.5 Å². The van der Waals surface area contributed by atoms with Crippen LogP contribution in [-0.2, 0) is 4.79 Å². The first-order chi connectivity index (χ1) is 13.6. The lowest BCUT2D eigenvalue weighted by Gasteiger charge is -2.29. The molecule has 0 aliphatic carbocycles. The molecule has 0 radical (unpaired) electrons. The second kappa shape index (κ2) is 7.07. The Morgan fingerprint density at radius 2 is 2.00 bits per heavy atom. The molecule has 3 aromatic rings. The van der Waals surface area contributed by atoms with Gasteiger partial charge in [0, 0.05) is 16.9 Å². The summed E-state index contributed by atoms with van der Waals surface area (Å²) in [5, 5.41) is 21.0. The number of anilines is 2. The number of rotatable bonds is 4. The summed E-state index contributed by atoms with van der Waals surface area (Å²) in [4.78, 5) is 17.4. The third kappa shape index (κ3) is 2.94. The minimum absolute atomic E-state index is 0.0452. The molecule has 0 saturated carbocycles. The Kier molecular flexibility index (Phi) is 4.44. The first kappa shape index (κ1) is 17.6. The molecule has 0 bridgehead atoms. The Balaban J connectivity index is 1.82. The molecule has 1 amide bonds. The van der Waals surface area contributed by atoms with Crippen molar-refractivity contribution in [1.29, 1.82) is 0 Å².